The molecule has 1 saturated heterocycles. The van der Waals surface area contributed by atoms with E-state index in [4.69, 9.17) is 5.73 Å². The number of aryl methyl sites for hydroxylation is 1. The summed E-state index contributed by atoms with van der Waals surface area (Å²) in [5.41, 5.74) is 7.48. The molecule has 9 heteroatoms. The summed E-state index contributed by atoms with van der Waals surface area (Å²) >= 11 is 0. The molecule has 1 amide bonds. The molecule has 8 nitrogen and oxygen atoms in total. The Morgan fingerprint density at radius 3 is 2.72 bits per heavy atom. The van der Waals surface area contributed by atoms with Crippen LogP contribution < -0.4 is 21.3 Å². The van der Waals surface area contributed by atoms with E-state index in [0.29, 0.717) is 16.9 Å². The van der Waals surface area contributed by atoms with Crippen molar-refractivity contribution in [3.63, 3.8) is 0 Å². The number of nitrogens with one attached hydrogen (secondary N) is 2. The molecule has 0 radical (unpaired) electrons. The first-order chi connectivity index (χ1) is 14.0. The van der Waals surface area contributed by atoms with Crippen LogP contribution in [0.5, 0.6) is 0 Å². The molecule has 4 rings (SSSR count). The van der Waals surface area contributed by atoms with Crippen molar-refractivity contribution < 1.29 is 9.18 Å². The standard InChI is InChI=1S/C20H22FN7O/c1-27-20(28-10-8-23-9-11-28)17(12-24-27)26-19(29)18-15(22)6-7-16(25-18)13-4-2-3-5-14(13)21/h2-7,12,23H,8-11,22H2,1H3,(H,26,29). The fraction of sp³-hybridized carbons (Fsp3) is 0.250. The van der Waals surface area contributed by atoms with Gasteiger partial charge in [0.25, 0.3) is 5.91 Å². The van der Waals surface area contributed by atoms with Gasteiger partial charge in [0, 0.05) is 38.8 Å². The van der Waals surface area contributed by atoms with E-state index in [-0.39, 0.29) is 11.4 Å². The van der Waals surface area contributed by atoms with Gasteiger partial charge in [-0.15, -0.1) is 0 Å². The van der Waals surface area contributed by atoms with Crippen molar-refractivity contribution in [2.75, 3.05) is 42.1 Å². The van der Waals surface area contributed by atoms with Gasteiger partial charge in [-0.3, -0.25) is 9.48 Å². The molecule has 0 spiro atoms. The highest BCUT2D eigenvalue weighted by Gasteiger charge is 2.22. The number of nitrogens with two attached hydrogens (primary N) is 1. The van der Waals surface area contributed by atoms with Crippen LogP contribution in [0.3, 0.4) is 0 Å². The molecule has 0 saturated carbocycles. The number of benzene rings is 1. The maximum absolute atomic E-state index is 14.1. The zero-order valence-corrected chi connectivity index (χ0v) is 16.0. The summed E-state index contributed by atoms with van der Waals surface area (Å²) in [6, 6.07) is 9.43. The molecule has 1 aromatic carbocycles. The second kappa shape index (κ2) is 7.88. The van der Waals surface area contributed by atoms with Gasteiger partial charge >= 0.3 is 0 Å². The molecule has 2 aromatic heterocycles. The van der Waals surface area contributed by atoms with Gasteiger partial charge in [-0.2, -0.15) is 5.10 Å². The number of hydrogen-bond donors (Lipinski definition) is 3. The lowest BCUT2D eigenvalue weighted by atomic mass is 10.1. The topological polar surface area (TPSA) is 101 Å². The second-order valence-electron chi connectivity index (χ2n) is 6.81. The smallest absolute Gasteiger partial charge is 0.276 e. The maximum atomic E-state index is 14.1. The summed E-state index contributed by atoms with van der Waals surface area (Å²) in [6.45, 7) is 3.34. The molecule has 3 aromatic rings. The number of anilines is 3. The Hall–Kier alpha value is -3.46. The Balaban J connectivity index is 1.63. The largest absolute Gasteiger partial charge is 0.397 e. The number of hydrogen-bond acceptors (Lipinski definition) is 6. The van der Waals surface area contributed by atoms with Gasteiger partial charge in [0.05, 0.1) is 17.6 Å². The summed E-state index contributed by atoms with van der Waals surface area (Å²) in [7, 11) is 1.83. The Bertz CT molecular complexity index is 1040. The quantitative estimate of drug-likeness (QED) is 0.623. The van der Waals surface area contributed by atoms with Crippen molar-refractivity contribution in [2.45, 2.75) is 0 Å². The second-order valence-corrected chi connectivity index (χ2v) is 6.81. The van der Waals surface area contributed by atoms with Crippen molar-refractivity contribution in [1.29, 1.82) is 0 Å². The molecular weight excluding hydrogens is 373 g/mol. The van der Waals surface area contributed by atoms with Gasteiger partial charge in [-0.25, -0.2) is 9.37 Å². The number of amides is 1. The van der Waals surface area contributed by atoms with Crippen LogP contribution in [0, 0.1) is 5.82 Å². The average Bonchev–Trinajstić information content (AvgIpc) is 3.09. The fourth-order valence-corrected chi connectivity index (χ4v) is 3.42. The molecule has 1 aliphatic rings. The van der Waals surface area contributed by atoms with E-state index in [1.165, 1.54) is 6.07 Å². The van der Waals surface area contributed by atoms with Crippen LogP contribution in [0.1, 0.15) is 10.5 Å². The van der Waals surface area contributed by atoms with E-state index in [1.54, 1.807) is 41.2 Å². The van der Waals surface area contributed by atoms with Crippen LogP contribution in [0.15, 0.2) is 42.6 Å². The van der Waals surface area contributed by atoms with E-state index < -0.39 is 11.7 Å². The minimum Gasteiger partial charge on any atom is -0.397 e. The predicted octanol–water partition coefficient (Wildman–Crippen LogP) is 1.87. The molecule has 150 valence electrons. The Morgan fingerprint density at radius 2 is 1.97 bits per heavy atom. The van der Waals surface area contributed by atoms with Crippen LogP contribution in [0.2, 0.25) is 0 Å². The maximum Gasteiger partial charge on any atom is 0.276 e. The molecule has 3 heterocycles. The molecular formula is C20H22FN7O. The summed E-state index contributed by atoms with van der Waals surface area (Å²) in [5, 5.41) is 10.4. The van der Waals surface area contributed by atoms with Crippen molar-refractivity contribution in [2.24, 2.45) is 7.05 Å². The third-order valence-electron chi connectivity index (χ3n) is 4.86. The first kappa shape index (κ1) is 18.9. The highest BCUT2D eigenvalue weighted by molar-refractivity contribution is 6.07. The van der Waals surface area contributed by atoms with E-state index in [1.807, 2.05) is 7.05 Å². The molecule has 1 fully saturated rings. The van der Waals surface area contributed by atoms with Crippen LogP contribution in [-0.4, -0.2) is 46.9 Å². The predicted molar refractivity (Wildman–Crippen MR) is 110 cm³/mol. The number of rotatable bonds is 4. The van der Waals surface area contributed by atoms with Crippen LogP contribution in [-0.2, 0) is 7.05 Å². The zero-order valence-electron chi connectivity index (χ0n) is 16.0. The fourth-order valence-electron chi connectivity index (χ4n) is 3.42. The highest BCUT2D eigenvalue weighted by atomic mass is 19.1. The van der Waals surface area contributed by atoms with Crippen molar-refractivity contribution in [3.8, 4) is 11.3 Å². The summed E-state index contributed by atoms with van der Waals surface area (Å²) in [5.74, 6) is -0.0573. The van der Waals surface area contributed by atoms with E-state index in [9.17, 15) is 9.18 Å². The van der Waals surface area contributed by atoms with Gasteiger partial charge in [-0.05, 0) is 24.3 Å². The lowest BCUT2D eigenvalue weighted by molar-refractivity contribution is 0.102. The Labute approximate surface area is 167 Å². The highest BCUT2D eigenvalue weighted by Crippen LogP contribution is 2.27. The molecule has 0 aliphatic carbocycles. The lowest BCUT2D eigenvalue weighted by Crippen LogP contribution is -2.44. The first-order valence-corrected chi connectivity index (χ1v) is 9.35. The Kier molecular flexibility index (Phi) is 5.13. The van der Waals surface area contributed by atoms with Crippen molar-refractivity contribution >= 4 is 23.1 Å². The molecule has 1 aliphatic heterocycles. The summed E-state index contributed by atoms with van der Waals surface area (Å²) in [6.07, 6.45) is 1.60. The first-order valence-electron chi connectivity index (χ1n) is 9.35. The molecule has 0 bridgehead atoms. The normalized spacial score (nSPS) is 14.1. The third kappa shape index (κ3) is 3.77. The summed E-state index contributed by atoms with van der Waals surface area (Å²) in [4.78, 5) is 19.4. The third-order valence-corrected chi connectivity index (χ3v) is 4.86. The zero-order chi connectivity index (χ0) is 20.4. The van der Waals surface area contributed by atoms with Gasteiger partial charge in [-0.1, -0.05) is 12.1 Å². The average molecular weight is 395 g/mol. The Morgan fingerprint density at radius 1 is 1.21 bits per heavy atom. The number of nitrogen functional groups attached to an aromatic ring is 1. The molecule has 29 heavy (non-hydrogen) atoms. The minimum absolute atomic E-state index is 0.0425. The van der Waals surface area contributed by atoms with Gasteiger partial charge in [0.15, 0.2) is 11.5 Å². The SMILES string of the molecule is Cn1ncc(NC(=O)c2nc(-c3ccccc3F)ccc2N)c1N1CCNCC1. The summed E-state index contributed by atoms with van der Waals surface area (Å²) < 4.78 is 15.9. The van der Waals surface area contributed by atoms with Crippen LogP contribution in [0.4, 0.5) is 21.6 Å². The number of pyridine rings is 1. The lowest BCUT2D eigenvalue weighted by Gasteiger charge is -2.30. The van der Waals surface area contributed by atoms with Gasteiger partial charge < -0.3 is 21.3 Å². The van der Waals surface area contributed by atoms with Crippen LogP contribution >= 0.6 is 0 Å². The minimum atomic E-state index is -0.468. The molecule has 0 atom stereocenters. The van der Waals surface area contributed by atoms with Crippen molar-refractivity contribution in [1.82, 2.24) is 20.1 Å². The van der Waals surface area contributed by atoms with E-state index in [2.05, 4.69) is 25.6 Å². The number of carbonyl (C=O) groups is 1. The molecule has 4 N–H and O–H groups in total. The number of carbonyl (C=O) groups excluding carboxylic acids is 1. The number of piperazine rings is 1. The number of aromatic nitrogens is 3. The van der Waals surface area contributed by atoms with Crippen LogP contribution in [0.25, 0.3) is 11.3 Å². The van der Waals surface area contributed by atoms with Gasteiger partial charge in [0.2, 0.25) is 0 Å². The number of nitrogens with zero attached hydrogens (tertiary/aromatic N) is 4. The molecule has 0 unspecified atom stereocenters. The monoisotopic (exact) mass is 395 g/mol. The van der Waals surface area contributed by atoms with Gasteiger partial charge in [0.1, 0.15) is 11.5 Å². The number of halogens is 1. The van der Waals surface area contributed by atoms with Crippen molar-refractivity contribution in [3.05, 3.63) is 54.1 Å². The van der Waals surface area contributed by atoms with E-state index >= 15 is 0 Å². The van der Waals surface area contributed by atoms with E-state index in [0.717, 1.165) is 32.0 Å².